The normalized spacial score (nSPS) is 11.7. The number of rotatable bonds is 6. The first kappa shape index (κ1) is 19.7. The molecular weight excluding hydrogens is 378 g/mol. The maximum Gasteiger partial charge on any atom is 0.341 e. The van der Waals surface area contributed by atoms with Crippen LogP contribution < -0.4 is 5.32 Å². The number of hydrogen-bond donors (Lipinski definition) is 1. The molecule has 0 fully saturated rings. The Balaban J connectivity index is 2.04. The van der Waals surface area contributed by atoms with Gasteiger partial charge in [0.05, 0.1) is 7.11 Å². The number of anilines is 1. The second kappa shape index (κ2) is 8.31. The van der Waals surface area contributed by atoms with Crippen LogP contribution in [0.1, 0.15) is 43.8 Å². The highest BCUT2D eigenvalue weighted by Crippen LogP contribution is 2.30. The van der Waals surface area contributed by atoms with Crippen LogP contribution in [0, 0.1) is 13.8 Å². The predicted molar refractivity (Wildman–Crippen MR) is 108 cm³/mol. The molecule has 0 spiro atoms. The quantitative estimate of drug-likeness (QED) is 0.447. The van der Waals surface area contributed by atoms with E-state index in [1.54, 1.807) is 55.5 Å². The van der Waals surface area contributed by atoms with Gasteiger partial charge in [0.1, 0.15) is 23.1 Å². The van der Waals surface area contributed by atoms with Crippen molar-refractivity contribution in [2.45, 2.75) is 19.9 Å². The van der Waals surface area contributed by atoms with Crippen molar-refractivity contribution in [3.05, 3.63) is 87.8 Å². The van der Waals surface area contributed by atoms with Gasteiger partial charge in [-0.15, -0.1) is 0 Å². The average Bonchev–Trinajstić information content (AvgIpc) is 3.08. The zero-order valence-corrected chi connectivity index (χ0v) is 16.5. The van der Waals surface area contributed by atoms with Gasteiger partial charge in [-0.25, -0.2) is 4.79 Å². The Hall–Kier alpha value is -3.05. The van der Waals surface area contributed by atoms with Gasteiger partial charge in [0.25, 0.3) is 0 Å². The Morgan fingerprint density at radius 3 is 2.43 bits per heavy atom. The van der Waals surface area contributed by atoms with Crippen molar-refractivity contribution in [3.8, 4) is 0 Å². The lowest BCUT2D eigenvalue weighted by Crippen LogP contribution is -2.21. The zero-order chi connectivity index (χ0) is 20.3. The molecule has 0 aliphatic heterocycles. The van der Waals surface area contributed by atoms with Crippen molar-refractivity contribution in [1.29, 1.82) is 0 Å². The standard InChI is InChI=1S/C22H20ClNO4/c1-13-11-16(23)9-10-18(13)24-20(21(25)15-7-5-4-6-8-15)19-12-17(14(2)28-19)22(26)27-3/h4-12,20,24H,1-3H3. The number of carbonyl (C=O) groups is 2. The third-order valence-corrected chi connectivity index (χ3v) is 4.67. The van der Waals surface area contributed by atoms with Crippen LogP contribution in [0.15, 0.2) is 59.0 Å². The molecule has 3 rings (SSSR count). The number of furan rings is 1. The summed E-state index contributed by atoms with van der Waals surface area (Å²) < 4.78 is 10.6. The molecule has 0 aliphatic carbocycles. The number of ether oxygens (including phenoxy) is 1. The molecule has 6 heteroatoms. The second-order valence-corrected chi connectivity index (χ2v) is 6.81. The number of benzene rings is 2. The fraction of sp³-hybridized carbons (Fsp3) is 0.182. The largest absolute Gasteiger partial charge is 0.465 e. The summed E-state index contributed by atoms with van der Waals surface area (Å²) in [7, 11) is 1.30. The number of methoxy groups -OCH3 is 1. The fourth-order valence-corrected chi connectivity index (χ4v) is 3.17. The number of halogens is 1. The third kappa shape index (κ3) is 4.10. The van der Waals surface area contributed by atoms with Crippen LogP contribution in [0.25, 0.3) is 0 Å². The monoisotopic (exact) mass is 397 g/mol. The van der Waals surface area contributed by atoms with Crippen molar-refractivity contribution in [2.24, 2.45) is 0 Å². The van der Waals surface area contributed by atoms with Crippen molar-refractivity contribution < 1.29 is 18.7 Å². The minimum Gasteiger partial charge on any atom is -0.465 e. The molecule has 0 saturated heterocycles. The van der Waals surface area contributed by atoms with E-state index in [4.69, 9.17) is 20.8 Å². The summed E-state index contributed by atoms with van der Waals surface area (Å²) in [6, 6.07) is 15.0. The van der Waals surface area contributed by atoms with Crippen LogP contribution in [0.2, 0.25) is 5.02 Å². The number of esters is 1. The molecule has 28 heavy (non-hydrogen) atoms. The highest BCUT2D eigenvalue weighted by Gasteiger charge is 2.28. The minimum atomic E-state index is -0.820. The molecule has 0 amide bonds. The topological polar surface area (TPSA) is 68.5 Å². The first-order valence-electron chi connectivity index (χ1n) is 8.71. The lowest BCUT2D eigenvalue weighted by Gasteiger charge is -2.18. The van der Waals surface area contributed by atoms with Gasteiger partial charge in [-0.3, -0.25) is 4.79 Å². The molecule has 1 aromatic heterocycles. The van der Waals surface area contributed by atoms with Gasteiger partial charge in [-0.2, -0.15) is 0 Å². The number of hydrogen-bond acceptors (Lipinski definition) is 5. The third-order valence-electron chi connectivity index (χ3n) is 4.44. The van der Waals surface area contributed by atoms with E-state index in [0.29, 0.717) is 22.1 Å². The molecule has 1 unspecified atom stereocenters. The molecule has 1 N–H and O–H groups in total. The Kier molecular flexibility index (Phi) is 5.85. The molecule has 0 aliphatic rings. The lowest BCUT2D eigenvalue weighted by atomic mass is 10.0. The van der Waals surface area contributed by atoms with Gasteiger partial charge < -0.3 is 14.5 Å². The summed E-state index contributed by atoms with van der Waals surface area (Å²) in [5, 5.41) is 3.84. The Labute approximate surface area is 168 Å². The Morgan fingerprint density at radius 2 is 1.79 bits per heavy atom. The fourth-order valence-electron chi connectivity index (χ4n) is 2.94. The molecule has 3 aromatic rings. The van der Waals surface area contributed by atoms with Crippen LogP contribution in [-0.2, 0) is 4.74 Å². The van der Waals surface area contributed by atoms with E-state index in [-0.39, 0.29) is 11.3 Å². The minimum absolute atomic E-state index is 0.180. The molecule has 5 nitrogen and oxygen atoms in total. The van der Waals surface area contributed by atoms with Gasteiger partial charge in [0, 0.05) is 16.3 Å². The maximum atomic E-state index is 13.2. The van der Waals surface area contributed by atoms with Crippen LogP contribution in [0.5, 0.6) is 0 Å². The smallest absolute Gasteiger partial charge is 0.341 e. The summed E-state index contributed by atoms with van der Waals surface area (Å²) >= 11 is 6.04. The first-order chi connectivity index (χ1) is 13.4. The second-order valence-electron chi connectivity index (χ2n) is 6.38. The van der Waals surface area contributed by atoms with E-state index in [2.05, 4.69) is 5.32 Å². The average molecular weight is 398 g/mol. The van der Waals surface area contributed by atoms with Crippen molar-refractivity contribution in [3.63, 3.8) is 0 Å². The Morgan fingerprint density at radius 1 is 1.07 bits per heavy atom. The van der Waals surface area contributed by atoms with E-state index < -0.39 is 12.0 Å². The summed E-state index contributed by atoms with van der Waals surface area (Å²) in [5.74, 6) is 0.0321. The van der Waals surface area contributed by atoms with E-state index in [0.717, 1.165) is 11.3 Å². The van der Waals surface area contributed by atoms with Crippen LogP contribution in [-0.4, -0.2) is 18.9 Å². The first-order valence-corrected chi connectivity index (χ1v) is 9.09. The number of nitrogens with one attached hydrogen (secondary N) is 1. The molecular formula is C22H20ClNO4. The molecule has 1 heterocycles. The molecule has 144 valence electrons. The molecule has 2 aromatic carbocycles. The van der Waals surface area contributed by atoms with Crippen LogP contribution in [0.4, 0.5) is 5.69 Å². The molecule has 0 bridgehead atoms. The maximum absolute atomic E-state index is 13.2. The SMILES string of the molecule is COC(=O)c1cc(C(Nc2ccc(Cl)cc2C)C(=O)c2ccccc2)oc1C. The van der Waals surface area contributed by atoms with Crippen molar-refractivity contribution in [2.75, 3.05) is 12.4 Å². The number of carbonyl (C=O) groups excluding carboxylic acids is 2. The van der Waals surface area contributed by atoms with E-state index in [1.807, 2.05) is 13.0 Å². The molecule has 0 radical (unpaired) electrons. The molecule has 1 atom stereocenters. The predicted octanol–water partition coefficient (Wildman–Crippen LogP) is 5.37. The zero-order valence-electron chi connectivity index (χ0n) is 15.8. The summed E-state index contributed by atoms with van der Waals surface area (Å²) in [5.41, 5.74) is 2.44. The van der Waals surface area contributed by atoms with Crippen molar-refractivity contribution >= 4 is 29.0 Å². The molecule has 0 saturated carbocycles. The van der Waals surface area contributed by atoms with Crippen LogP contribution >= 0.6 is 11.6 Å². The summed E-state index contributed by atoms with van der Waals surface area (Å²) in [6.45, 7) is 3.55. The number of aryl methyl sites for hydroxylation is 2. The lowest BCUT2D eigenvalue weighted by molar-refractivity contribution is 0.0598. The Bertz CT molecular complexity index is 1010. The highest BCUT2D eigenvalue weighted by atomic mass is 35.5. The van der Waals surface area contributed by atoms with E-state index in [1.165, 1.54) is 7.11 Å². The van der Waals surface area contributed by atoms with E-state index >= 15 is 0 Å². The van der Waals surface area contributed by atoms with Gasteiger partial charge in [-0.1, -0.05) is 41.9 Å². The van der Waals surface area contributed by atoms with Crippen molar-refractivity contribution in [1.82, 2.24) is 0 Å². The van der Waals surface area contributed by atoms with E-state index in [9.17, 15) is 9.59 Å². The highest BCUT2D eigenvalue weighted by molar-refractivity contribution is 6.30. The number of ketones is 1. The van der Waals surface area contributed by atoms with Crippen LogP contribution in [0.3, 0.4) is 0 Å². The van der Waals surface area contributed by atoms with Gasteiger partial charge >= 0.3 is 5.97 Å². The summed E-state index contributed by atoms with van der Waals surface area (Å²) in [6.07, 6.45) is 0. The van der Waals surface area contributed by atoms with Gasteiger partial charge in [-0.05, 0) is 43.7 Å². The van der Waals surface area contributed by atoms with Gasteiger partial charge in [0.2, 0.25) is 0 Å². The van der Waals surface area contributed by atoms with Gasteiger partial charge in [0.15, 0.2) is 5.78 Å². The summed E-state index contributed by atoms with van der Waals surface area (Å²) in [4.78, 5) is 25.2. The number of Topliss-reactive ketones (excluding diaryl/α,β-unsaturated/α-hetero) is 1.